The molecule has 2 rings (SSSR count). The Morgan fingerprint density at radius 2 is 2.19 bits per heavy atom. The van der Waals surface area contributed by atoms with Crippen LogP contribution in [0.3, 0.4) is 0 Å². The molecule has 0 fully saturated rings. The van der Waals surface area contributed by atoms with Crippen LogP contribution in [-0.4, -0.2) is 19.7 Å². The number of aromatic nitrogens is 3. The zero-order chi connectivity index (χ0) is 11.5. The van der Waals surface area contributed by atoms with Gasteiger partial charge in [0.15, 0.2) is 0 Å². The number of para-hydroxylation sites is 2. The second-order valence-electron chi connectivity index (χ2n) is 2.97. The third kappa shape index (κ3) is 1.74. The highest BCUT2D eigenvalue weighted by molar-refractivity contribution is 6.16. The molecule has 0 saturated heterocycles. The molecule has 2 aromatic rings. The summed E-state index contributed by atoms with van der Waals surface area (Å²) in [6.45, 7) is 0. The fourth-order valence-corrected chi connectivity index (χ4v) is 1.54. The summed E-state index contributed by atoms with van der Waals surface area (Å²) in [5.41, 5.74) is 0.333. The van der Waals surface area contributed by atoms with Gasteiger partial charge >= 0.3 is 0 Å². The van der Waals surface area contributed by atoms with E-state index in [4.69, 9.17) is 11.6 Å². The molecule has 0 unspecified atom stereocenters. The number of alkyl halides is 1. The maximum atomic E-state index is 10.8. The molecule has 0 amide bonds. The Morgan fingerprint density at radius 3 is 2.88 bits per heavy atom. The summed E-state index contributed by atoms with van der Waals surface area (Å²) in [7, 11) is 0. The Hall–Kier alpha value is -1.95. The molecule has 0 radical (unpaired) electrons. The zero-order valence-corrected chi connectivity index (χ0v) is 8.83. The summed E-state index contributed by atoms with van der Waals surface area (Å²) < 4.78 is 1.37. The Labute approximate surface area is 95.6 Å². The van der Waals surface area contributed by atoms with Gasteiger partial charge in [-0.3, -0.25) is 10.1 Å². The van der Waals surface area contributed by atoms with Crippen LogP contribution >= 0.6 is 11.6 Å². The van der Waals surface area contributed by atoms with Gasteiger partial charge < -0.3 is 0 Å². The van der Waals surface area contributed by atoms with Crippen molar-refractivity contribution in [3.05, 3.63) is 46.5 Å². The van der Waals surface area contributed by atoms with Crippen molar-refractivity contribution >= 4 is 17.3 Å². The second-order valence-corrected chi connectivity index (χ2v) is 3.23. The van der Waals surface area contributed by atoms with Gasteiger partial charge in [0, 0.05) is 6.07 Å². The quantitative estimate of drug-likeness (QED) is 0.465. The number of rotatable bonds is 3. The van der Waals surface area contributed by atoms with Gasteiger partial charge in [-0.1, -0.05) is 12.1 Å². The van der Waals surface area contributed by atoms with Crippen LogP contribution in [0.15, 0.2) is 30.6 Å². The topological polar surface area (TPSA) is 73.8 Å². The number of nitrogens with zero attached hydrogens (tertiary/aromatic N) is 4. The first kappa shape index (κ1) is 10.6. The van der Waals surface area contributed by atoms with Crippen LogP contribution in [0.25, 0.3) is 5.69 Å². The molecule has 0 aliphatic rings. The van der Waals surface area contributed by atoms with Gasteiger partial charge in [-0.25, -0.2) is 9.67 Å². The van der Waals surface area contributed by atoms with Gasteiger partial charge in [0.1, 0.15) is 17.8 Å². The van der Waals surface area contributed by atoms with Crippen LogP contribution in [0.5, 0.6) is 0 Å². The lowest BCUT2D eigenvalue weighted by molar-refractivity contribution is -0.384. The third-order valence-corrected chi connectivity index (χ3v) is 2.28. The van der Waals surface area contributed by atoms with Crippen LogP contribution in [0, 0.1) is 10.1 Å². The van der Waals surface area contributed by atoms with Gasteiger partial charge in [0.25, 0.3) is 5.69 Å². The van der Waals surface area contributed by atoms with Crippen molar-refractivity contribution in [1.82, 2.24) is 14.8 Å². The Kier molecular flexibility index (Phi) is 2.82. The van der Waals surface area contributed by atoms with Crippen molar-refractivity contribution in [2.45, 2.75) is 5.88 Å². The number of halogens is 1. The highest BCUT2D eigenvalue weighted by Crippen LogP contribution is 2.22. The number of hydrogen-bond donors (Lipinski definition) is 0. The van der Waals surface area contributed by atoms with Gasteiger partial charge in [0.05, 0.1) is 10.8 Å². The van der Waals surface area contributed by atoms with Gasteiger partial charge in [0.2, 0.25) is 0 Å². The van der Waals surface area contributed by atoms with Crippen molar-refractivity contribution < 1.29 is 4.92 Å². The normalized spacial score (nSPS) is 10.3. The smallest absolute Gasteiger partial charge is 0.258 e. The van der Waals surface area contributed by atoms with E-state index >= 15 is 0 Å². The lowest BCUT2D eigenvalue weighted by atomic mass is 10.3. The van der Waals surface area contributed by atoms with E-state index in [1.165, 1.54) is 17.1 Å². The maximum Gasteiger partial charge on any atom is 0.294 e. The van der Waals surface area contributed by atoms with Crippen molar-refractivity contribution in [1.29, 1.82) is 0 Å². The fraction of sp³-hybridized carbons (Fsp3) is 0.111. The molecule has 0 bridgehead atoms. The Balaban J connectivity index is 2.60. The summed E-state index contributed by atoms with van der Waals surface area (Å²) in [6.07, 6.45) is 1.31. The second kappa shape index (κ2) is 4.28. The van der Waals surface area contributed by atoms with Crippen LogP contribution in [0.4, 0.5) is 5.69 Å². The van der Waals surface area contributed by atoms with E-state index in [9.17, 15) is 10.1 Å². The minimum Gasteiger partial charge on any atom is -0.258 e. The molecular weight excluding hydrogens is 232 g/mol. The van der Waals surface area contributed by atoms with E-state index in [1.54, 1.807) is 18.2 Å². The molecule has 82 valence electrons. The SMILES string of the molecule is O=[N+]([O-])c1ccccc1-n1ncnc1CCl. The standard InChI is InChI=1S/C9H7ClN4O2/c10-5-9-11-6-12-13(9)7-3-1-2-4-8(7)14(15)16/h1-4,6H,5H2. The third-order valence-electron chi connectivity index (χ3n) is 2.04. The summed E-state index contributed by atoms with van der Waals surface area (Å²) in [5, 5.41) is 14.7. The lowest BCUT2D eigenvalue weighted by Crippen LogP contribution is -2.04. The molecule has 0 aliphatic heterocycles. The molecule has 0 aliphatic carbocycles. The lowest BCUT2D eigenvalue weighted by Gasteiger charge is -2.04. The molecule has 16 heavy (non-hydrogen) atoms. The van der Waals surface area contributed by atoms with Crippen LogP contribution in [-0.2, 0) is 5.88 Å². The molecular formula is C9H7ClN4O2. The molecule has 6 nitrogen and oxygen atoms in total. The van der Waals surface area contributed by atoms with Gasteiger partial charge in [-0.15, -0.1) is 11.6 Å². The number of nitro benzene ring substituents is 1. The van der Waals surface area contributed by atoms with E-state index in [-0.39, 0.29) is 11.6 Å². The van der Waals surface area contributed by atoms with Crippen LogP contribution in [0.2, 0.25) is 0 Å². The predicted octanol–water partition coefficient (Wildman–Crippen LogP) is 1.91. The van der Waals surface area contributed by atoms with Gasteiger partial charge in [-0.05, 0) is 6.07 Å². The summed E-state index contributed by atoms with van der Waals surface area (Å²) >= 11 is 5.66. The molecule has 1 aromatic carbocycles. The monoisotopic (exact) mass is 238 g/mol. The highest BCUT2D eigenvalue weighted by atomic mass is 35.5. The largest absolute Gasteiger partial charge is 0.294 e. The fourth-order valence-electron chi connectivity index (χ4n) is 1.36. The first-order valence-electron chi connectivity index (χ1n) is 4.42. The van der Waals surface area contributed by atoms with E-state index in [2.05, 4.69) is 10.1 Å². The molecule has 0 spiro atoms. The molecule has 0 N–H and O–H groups in total. The summed E-state index contributed by atoms with van der Waals surface area (Å²) in [4.78, 5) is 14.3. The van der Waals surface area contributed by atoms with E-state index in [0.29, 0.717) is 11.5 Å². The molecule has 1 aromatic heterocycles. The average molecular weight is 239 g/mol. The highest BCUT2D eigenvalue weighted by Gasteiger charge is 2.17. The summed E-state index contributed by atoms with van der Waals surface area (Å²) in [6, 6.07) is 6.30. The average Bonchev–Trinajstić information content (AvgIpc) is 2.76. The number of benzene rings is 1. The summed E-state index contributed by atoms with van der Waals surface area (Å²) in [5.74, 6) is 0.613. The Bertz CT molecular complexity index is 526. The van der Waals surface area contributed by atoms with E-state index in [1.807, 2.05) is 0 Å². The van der Waals surface area contributed by atoms with Crippen molar-refractivity contribution in [2.75, 3.05) is 0 Å². The van der Waals surface area contributed by atoms with Gasteiger partial charge in [-0.2, -0.15) is 5.10 Å². The molecule has 0 saturated carbocycles. The first-order valence-corrected chi connectivity index (χ1v) is 4.96. The first-order chi connectivity index (χ1) is 7.74. The maximum absolute atomic E-state index is 10.8. The minimum absolute atomic E-state index is 0.0284. The van der Waals surface area contributed by atoms with E-state index < -0.39 is 4.92 Å². The number of nitro groups is 1. The predicted molar refractivity (Wildman–Crippen MR) is 57.6 cm³/mol. The zero-order valence-electron chi connectivity index (χ0n) is 8.08. The van der Waals surface area contributed by atoms with Crippen LogP contribution < -0.4 is 0 Å². The van der Waals surface area contributed by atoms with Crippen molar-refractivity contribution in [2.24, 2.45) is 0 Å². The Morgan fingerprint density at radius 1 is 1.44 bits per heavy atom. The minimum atomic E-state index is -0.463. The van der Waals surface area contributed by atoms with E-state index in [0.717, 1.165) is 0 Å². The molecule has 0 atom stereocenters. The van der Waals surface area contributed by atoms with Crippen LogP contribution in [0.1, 0.15) is 5.82 Å². The molecule has 7 heteroatoms. The number of hydrogen-bond acceptors (Lipinski definition) is 4. The molecule has 1 heterocycles. The van der Waals surface area contributed by atoms with Crippen molar-refractivity contribution in [3.8, 4) is 5.69 Å². The van der Waals surface area contributed by atoms with Crippen molar-refractivity contribution in [3.63, 3.8) is 0 Å².